The number of ether oxygens (including phenoxy) is 1. The minimum atomic E-state index is 0.180. The zero-order chi connectivity index (χ0) is 27.2. The van der Waals surface area contributed by atoms with Crippen molar-refractivity contribution in [2.24, 2.45) is 0 Å². The van der Waals surface area contributed by atoms with Gasteiger partial charge in [-0.25, -0.2) is 4.98 Å². The number of hydrogen-bond acceptors (Lipinski definition) is 5. The molecule has 1 N–H and O–H groups in total. The van der Waals surface area contributed by atoms with E-state index in [9.17, 15) is 0 Å². The van der Waals surface area contributed by atoms with Gasteiger partial charge < -0.3 is 14.7 Å². The summed E-state index contributed by atoms with van der Waals surface area (Å²) >= 11 is 0. The van der Waals surface area contributed by atoms with Crippen LogP contribution in [0.2, 0.25) is 0 Å². The number of aliphatic hydroxyl groups is 1. The van der Waals surface area contributed by atoms with Crippen molar-refractivity contribution in [2.45, 2.75) is 96.8 Å². The van der Waals surface area contributed by atoms with Crippen molar-refractivity contribution in [3.63, 3.8) is 0 Å². The summed E-state index contributed by atoms with van der Waals surface area (Å²) in [5.74, 6) is 1.91. The minimum absolute atomic E-state index is 0.180. The minimum Gasteiger partial charge on any atom is -0.490 e. The van der Waals surface area contributed by atoms with Crippen molar-refractivity contribution >= 4 is 5.82 Å². The Bertz CT molecular complexity index is 1040. The highest BCUT2D eigenvalue weighted by Gasteiger charge is 2.37. The zero-order valence-corrected chi connectivity index (χ0v) is 24.7. The highest BCUT2D eigenvalue weighted by atomic mass is 16.5. The fraction of sp³-hybridized carbons (Fsp3) is 0.667. The van der Waals surface area contributed by atoms with Crippen molar-refractivity contribution in [1.29, 1.82) is 0 Å². The molecule has 1 aliphatic heterocycles. The molecule has 2 heterocycles. The third-order valence-electron chi connectivity index (χ3n) is 8.80. The highest BCUT2D eigenvalue weighted by Crippen LogP contribution is 2.47. The topological polar surface area (TPSA) is 48.8 Å². The largest absolute Gasteiger partial charge is 0.490 e. The Kier molecular flexibility index (Phi) is 9.75. The molecule has 1 aliphatic carbocycles. The number of benzene rings is 1. The van der Waals surface area contributed by atoms with E-state index < -0.39 is 0 Å². The van der Waals surface area contributed by atoms with Gasteiger partial charge in [0.05, 0.1) is 12.3 Å². The Morgan fingerprint density at radius 1 is 0.842 bits per heavy atom. The first-order valence-electron chi connectivity index (χ1n) is 15.1. The molecule has 1 aromatic heterocycles. The molecule has 38 heavy (non-hydrogen) atoms. The molecule has 5 nitrogen and oxygen atoms in total. The average Bonchev–Trinajstić information content (AvgIpc) is 2.92. The van der Waals surface area contributed by atoms with Crippen LogP contribution in [-0.2, 0) is 10.8 Å². The second-order valence-electron chi connectivity index (χ2n) is 12.7. The summed E-state index contributed by atoms with van der Waals surface area (Å²) in [7, 11) is 0. The van der Waals surface area contributed by atoms with Crippen LogP contribution in [0.1, 0.15) is 97.1 Å². The van der Waals surface area contributed by atoms with Gasteiger partial charge in [0.25, 0.3) is 0 Å². The number of fused-ring (bicyclic) bond motifs is 1. The van der Waals surface area contributed by atoms with Gasteiger partial charge in [0.1, 0.15) is 0 Å². The van der Waals surface area contributed by atoms with Crippen LogP contribution in [0.15, 0.2) is 30.3 Å². The second kappa shape index (κ2) is 12.8. The van der Waals surface area contributed by atoms with Gasteiger partial charge in [-0.3, -0.25) is 4.90 Å². The monoisotopic (exact) mass is 521 g/mol. The standard InChI is InChI=1S/C33H51N3O2/c1-6-7-11-24-38-30-15-14-29(26-12-13-27-28(25-26)33(4,5)17-16-32(27,2)3)34-31(30)36-21-19-35(20-22-36)18-9-8-10-23-37/h12-15,25,37H,6-11,16-24H2,1-5H3. The van der Waals surface area contributed by atoms with Crippen molar-refractivity contribution in [3.05, 3.63) is 41.5 Å². The Balaban J connectivity index is 1.57. The number of nitrogens with zero attached hydrogens (tertiary/aromatic N) is 3. The Morgan fingerprint density at radius 2 is 1.58 bits per heavy atom. The molecule has 1 aromatic carbocycles. The third kappa shape index (κ3) is 6.90. The van der Waals surface area contributed by atoms with Crippen molar-refractivity contribution in [3.8, 4) is 17.0 Å². The van der Waals surface area contributed by atoms with Gasteiger partial charge in [0.15, 0.2) is 11.6 Å². The van der Waals surface area contributed by atoms with Crippen LogP contribution in [0.5, 0.6) is 5.75 Å². The molecule has 2 aliphatic rings. The summed E-state index contributed by atoms with van der Waals surface area (Å²) in [4.78, 5) is 10.2. The summed E-state index contributed by atoms with van der Waals surface area (Å²) in [5, 5.41) is 9.05. The number of aromatic nitrogens is 1. The molecule has 0 radical (unpaired) electrons. The van der Waals surface area contributed by atoms with E-state index in [-0.39, 0.29) is 10.8 Å². The van der Waals surface area contributed by atoms with Crippen LogP contribution >= 0.6 is 0 Å². The maximum Gasteiger partial charge on any atom is 0.172 e. The van der Waals surface area contributed by atoms with Crippen LogP contribution in [0.25, 0.3) is 11.3 Å². The normalized spacial score (nSPS) is 18.8. The van der Waals surface area contributed by atoms with E-state index in [2.05, 4.69) is 74.8 Å². The van der Waals surface area contributed by atoms with Crippen molar-refractivity contribution < 1.29 is 9.84 Å². The molecule has 210 valence electrons. The zero-order valence-electron chi connectivity index (χ0n) is 24.7. The highest BCUT2D eigenvalue weighted by molar-refractivity contribution is 5.67. The van der Waals surface area contributed by atoms with Gasteiger partial charge in [-0.1, -0.05) is 59.6 Å². The van der Waals surface area contributed by atoms with Crippen molar-refractivity contribution in [2.75, 3.05) is 50.8 Å². The lowest BCUT2D eigenvalue weighted by molar-refractivity contribution is 0.240. The quantitative estimate of drug-likeness (QED) is 0.306. The first kappa shape index (κ1) is 28.9. The number of rotatable bonds is 12. The van der Waals surface area contributed by atoms with Gasteiger partial charge in [-0.2, -0.15) is 0 Å². The molecule has 0 saturated carbocycles. The lowest BCUT2D eigenvalue weighted by Crippen LogP contribution is -2.47. The first-order chi connectivity index (χ1) is 18.2. The maximum absolute atomic E-state index is 9.05. The van der Waals surface area contributed by atoms with E-state index in [1.807, 2.05) is 0 Å². The van der Waals surface area contributed by atoms with Crippen LogP contribution in [-0.4, -0.2) is 60.9 Å². The van der Waals surface area contributed by atoms with Gasteiger partial charge in [-0.05, 0) is 85.2 Å². The van der Waals surface area contributed by atoms with Crippen LogP contribution < -0.4 is 9.64 Å². The van der Waals surface area contributed by atoms with Gasteiger partial charge in [0.2, 0.25) is 0 Å². The number of aliphatic hydroxyl groups excluding tert-OH is 1. The fourth-order valence-corrected chi connectivity index (χ4v) is 6.03. The summed E-state index contributed by atoms with van der Waals surface area (Å²) in [5.41, 5.74) is 5.60. The molecular formula is C33H51N3O2. The SMILES string of the molecule is CCCCCOc1ccc(-c2ccc3c(c2)C(C)(C)CCC3(C)C)nc1N1CCN(CCCCCO)CC1. The summed E-state index contributed by atoms with van der Waals surface area (Å²) < 4.78 is 6.31. The third-order valence-corrected chi connectivity index (χ3v) is 8.80. The number of hydrogen-bond donors (Lipinski definition) is 1. The lowest BCUT2D eigenvalue weighted by Gasteiger charge is -2.42. The molecule has 0 amide bonds. The molecule has 5 heteroatoms. The molecule has 2 aromatic rings. The average molecular weight is 522 g/mol. The van der Waals surface area contributed by atoms with E-state index in [4.69, 9.17) is 14.8 Å². The number of anilines is 1. The van der Waals surface area contributed by atoms with Crippen LogP contribution in [0, 0.1) is 0 Å². The van der Waals surface area contributed by atoms with Gasteiger partial charge >= 0.3 is 0 Å². The van der Waals surface area contributed by atoms with Crippen molar-refractivity contribution in [1.82, 2.24) is 9.88 Å². The summed E-state index contributed by atoms with van der Waals surface area (Å²) in [6.07, 6.45) is 9.07. The maximum atomic E-state index is 9.05. The second-order valence-corrected chi connectivity index (χ2v) is 12.7. The van der Waals surface area contributed by atoms with E-state index in [0.717, 1.165) is 82.3 Å². The van der Waals surface area contributed by atoms with Gasteiger partial charge in [-0.15, -0.1) is 0 Å². The van der Waals surface area contributed by atoms with Gasteiger partial charge in [0, 0.05) is 38.3 Å². The van der Waals surface area contributed by atoms with Crippen LogP contribution in [0.4, 0.5) is 5.82 Å². The number of unbranched alkanes of at least 4 members (excludes halogenated alkanes) is 4. The smallest absolute Gasteiger partial charge is 0.172 e. The molecule has 1 saturated heterocycles. The first-order valence-corrected chi connectivity index (χ1v) is 15.1. The fourth-order valence-electron chi connectivity index (χ4n) is 6.03. The van der Waals surface area contributed by atoms with E-state index in [1.165, 1.54) is 42.4 Å². The summed E-state index contributed by atoms with van der Waals surface area (Å²) in [6.45, 7) is 18.0. The van der Waals surface area contributed by atoms with E-state index in [0.29, 0.717) is 6.61 Å². The predicted octanol–water partition coefficient (Wildman–Crippen LogP) is 6.95. The molecule has 1 fully saturated rings. The predicted molar refractivity (Wildman–Crippen MR) is 160 cm³/mol. The molecule has 0 bridgehead atoms. The Morgan fingerprint density at radius 3 is 2.29 bits per heavy atom. The van der Waals surface area contributed by atoms with E-state index in [1.54, 1.807) is 0 Å². The molecule has 0 atom stereocenters. The molecular weight excluding hydrogens is 470 g/mol. The van der Waals surface area contributed by atoms with E-state index >= 15 is 0 Å². The number of piperazine rings is 1. The Labute approximate surface area is 231 Å². The van der Waals surface area contributed by atoms with Crippen LogP contribution in [0.3, 0.4) is 0 Å². The molecule has 0 unspecified atom stereocenters. The summed E-state index contributed by atoms with van der Waals surface area (Å²) in [6, 6.07) is 11.4. The molecule has 0 spiro atoms. The molecule has 4 rings (SSSR count). The number of pyridine rings is 1. The Hall–Kier alpha value is -2.11. The lowest BCUT2D eigenvalue weighted by atomic mass is 9.63.